The summed E-state index contributed by atoms with van der Waals surface area (Å²) in [5.41, 5.74) is 11.5. The van der Waals surface area contributed by atoms with Crippen LogP contribution < -0.4 is 0 Å². The number of pyridine rings is 1. The molecule has 4 aliphatic carbocycles. The molecule has 1 aromatic heterocycles. The highest BCUT2D eigenvalue weighted by atomic mass is 19.4. The molecule has 0 radical (unpaired) electrons. The third kappa shape index (κ3) is 9.92. The van der Waals surface area contributed by atoms with E-state index in [-0.39, 0.29) is 66.6 Å². The van der Waals surface area contributed by atoms with E-state index >= 15 is 13.2 Å². The van der Waals surface area contributed by atoms with E-state index in [4.69, 9.17) is 4.98 Å². The van der Waals surface area contributed by atoms with E-state index in [1.165, 1.54) is 30.5 Å². The molecule has 0 saturated heterocycles. The van der Waals surface area contributed by atoms with Crippen molar-refractivity contribution in [3.63, 3.8) is 0 Å². The molecule has 0 unspecified atom stereocenters. The maximum atomic E-state index is 15.6. The van der Waals surface area contributed by atoms with Gasteiger partial charge in [-0.1, -0.05) is 151 Å². The molecular formula is C66H84F3NO. The van der Waals surface area contributed by atoms with E-state index in [0.29, 0.717) is 27.9 Å². The van der Waals surface area contributed by atoms with E-state index in [2.05, 4.69) is 159 Å². The second kappa shape index (κ2) is 16.8. The van der Waals surface area contributed by atoms with Crippen LogP contribution in [0.5, 0.6) is 5.75 Å². The molecule has 4 bridgehead atoms. The fourth-order valence-electron chi connectivity index (χ4n) is 17.9. The zero-order valence-corrected chi connectivity index (χ0v) is 46.3. The highest BCUT2D eigenvalue weighted by Gasteiger charge is 2.58. The second-order valence-corrected chi connectivity index (χ2v) is 28.9. The Morgan fingerprint density at radius 3 is 1.38 bits per heavy atom. The average molecular weight is 964 g/mol. The molecule has 5 heteroatoms. The summed E-state index contributed by atoms with van der Waals surface area (Å²) in [6, 6.07) is 26.2. The number of aromatic hydroxyl groups is 1. The minimum atomic E-state index is -4.64. The number of fused-ring (bicyclic) bond motifs is 4. The lowest BCUT2D eigenvalue weighted by Gasteiger charge is -2.61. The standard InChI is InChI=1S/C66H84F3NO/c1-40(2)44-17-19-49(46-21-42(5)22-47(25-46)64-34-58(7,8)30-62(15,38-64)31-59(9,10)35-64)51(26-44)55-28-48(66(67,68)69)29-56(70-55)52-27-45(41(3)4)18-20-50(52)53-23-43(6)24-54(57(53)71)65-36-60(11,12)32-63(16,39-65)33-61(13,14)37-65/h17-29,40-41,71H,30-39H2,1-16H3. The number of halogens is 3. The van der Waals surface area contributed by atoms with Crippen LogP contribution in [0.2, 0.25) is 0 Å². The first kappa shape index (κ1) is 51.5. The number of hydrogen-bond acceptors (Lipinski definition) is 2. The summed E-state index contributed by atoms with van der Waals surface area (Å²) in [5.74, 6) is 0.483. The number of aromatic nitrogens is 1. The molecule has 4 aliphatic rings. The van der Waals surface area contributed by atoms with Crippen molar-refractivity contribution in [3.8, 4) is 50.5 Å². The van der Waals surface area contributed by atoms with Crippen LogP contribution in [0.3, 0.4) is 0 Å². The third-order valence-corrected chi connectivity index (χ3v) is 17.7. The molecule has 4 saturated carbocycles. The molecule has 0 spiro atoms. The summed E-state index contributed by atoms with van der Waals surface area (Å²) >= 11 is 0. The number of hydrogen-bond donors (Lipinski definition) is 1. The molecule has 1 N–H and O–H groups in total. The van der Waals surface area contributed by atoms with Gasteiger partial charge in [-0.05, 0) is 197 Å². The van der Waals surface area contributed by atoms with Crippen LogP contribution in [0.25, 0.3) is 44.8 Å². The molecule has 2 nitrogen and oxygen atoms in total. The molecule has 71 heavy (non-hydrogen) atoms. The van der Waals surface area contributed by atoms with Crippen molar-refractivity contribution in [2.24, 2.45) is 32.5 Å². The lowest BCUT2D eigenvalue weighted by atomic mass is 9.43. The van der Waals surface area contributed by atoms with Crippen LogP contribution in [0.4, 0.5) is 13.2 Å². The fraction of sp³-hybridized carbons (Fsp3) is 0.561. The first-order valence-electron chi connectivity index (χ1n) is 27.0. The molecule has 4 fully saturated rings. The topological polar surface area (TPSA) is 33.1 Å². The van der Waals surface area contributed by atoms with Gasteiger partial charge in [-0.2, -0.15) is 13.2 Å². The monoisotopic (exact) mass is 964 g/mol. The molecule has 1 heterocycles. The van der Waals surface area contributed by atoms with Crippen LogP contribution in [0.1, 0.15) is 212 Å². The van der Waals surface area contributed by atoms with Crippen LogP contribution in [0, 0.1) is 46.3 Å². The first-order chi connectivity index (χ1) is 32.6. The highest BCUT2D eigenvalue weighted by Crippen LogP contribution is 2.68. The number of phenolic OH excluding ortho intramolecular Hbond substituents is 1. The number of nitrogens with zero attached hydrogens (tertiary/aromatic N) is 1. The van der Waals surface area contributed by atoms with Gasteiger partial charge in [0.2, 0.25) is 0 Å². The van der Waals surface area contributed by atoms with Gasteiger partial charge in [0.15, 0.2) is 0 Å². The molecule has 0 amide bonds. The Morgan fingerprint density at radius 2 is 0.901 bits per heavy atom. The number of alkyl halides is 3. The largest absolute Gasteiger partial charge is 0.507 e. The summed E-state index contributed by atoms with van der Waals surface area (Å²) in [5, 5.41) is 12.9. The van der Waals surface area contributed by atoms with Gasteiger partial charge >= 0.3 is 6.18 Å². The van der Waals surface area contributed by atoms with Gasteiger partial charge in [0.05, 0.1) is 17.0 Å². The van der Waals surface area contributed by atoms with Gasteiger partial charge in [0, 0.05) is 27.7 Å². The second-order valence-electron chi connectivity index (χ2n) is 28.9. The quantitative estimate of drug-likeness (QED) is 0.168. The predicted octanol–water partition coefficient (Wildman–Crippen LogP) is 19.9. The lowest BCUT2D eigenvalue weighted by Crippen LogP contribution is -2.52. The third-order valence-electron chi connectivity index (χ3n) is 17.7. The van der Waals surface area contributed by atoms with E-state index in [1.54, 1.807) is 0 Å². The van der Waals surface area contributed by atoms with E-state index < -0.39 is 11.7 Å². The van der Waals surface area contributed by atoms with E-state index in [9.17, 15) is 5.11 Å². The minimum absolute atomic E-state index is 0.0165. The first-order valence-corrected chi connectivity index (χ1v) is 27.0. The summed E-state index contributed by atoms with van der Waals surface area (Å²) in [6.45, 7) is 37.0. The van der Waals surface area contributed by atoms with Crippen molar-refractivity contribution in [2.45, 2.75) is 204 Å². The Bertz CT molecular complexity index is 2850. The predicted molar refractivity (Wildman–Crippen MR) is 291 cm³/mol. The Morgan fingerprint density at radius 1 is 0.465 bits per heavy atom. The Balaban J connectivity index is 1.26. The molecule has 5 aromatic rings. The van der Waals surface area contributed by atoms with Gasteiger partial charge in [-0.15, -0.1) is 0 Å². The normalized spacial score (nSPS) is 27.5. The smallest absolute Gasteiger partial charge is 0.416 e. The molecule has 380 valence electrons. The van der Waals surface area contributed by atoms with Crippen molar-refractivity contribution in [2.75, 3.05) is 0 Å². The molecular weight excluding hydrogens is 880 g/mol. The van der Waals surface area contributed by atoms with E-state index in [1.807, 2.05) is 18.2 Å². The maximum absolute atomic E-state index is 15.6. The lowest BCUT2D eigenvalue weighted by molar-refractivity contribution is -0.137. The highest BCUT2D eigenvalue weighted by molar-refractivity contribution is 5.89. The van der Waals surface area contributed by atoms with Crippen LogP contribution in [-0.2, 0) is 17.0 Å². The van der Waals surface area contributed by atoms with Crippen molar-refractivity contribution in [1.82, 2.24) is 4.98 Å². The molecule has 0 aliphatic heterocycles. The molecule has 0 atom stereocenters. The van der Waals surface area contributed by atoms with Gasteiger partial charge < -0.3 is 5.11 Å². The van der Waals surface area contributed by atoms with Gasteiger partial charge in [-0.3, -0.25) is 0 Å². The number of phenols is 1. The Kier molecular flexibility index (Phi) is 12.2. The number of rotatable bonds is 8. The zero-order chi connectivity index (χ0) is 51.9. The summed E-state index contributed by atoms with van der Waals surface area (Å²) in [6.07, 6.45) is 6.31. The maximum Gasteiger partial charge on any atom is 0.416 e. The Labute approximate surface area is 426 Å². The van der Waals surface area contributed by atoms with Crippen LogP contribution in [-0.4, -0.2) is 10.1 Å². The van der Waals surface area contributed by atoms with Crippen molar-refractivity contribution >= 4 is 0 Å². The minimum Gasteiger partial charge on any atom is -0.507 e. The SMILES string of the molecule is Cc1cc(-c2ccc(C(C)C)cc2-c2cc(C(F)(F)F)cc(-c3cc(C(C)C)ccc3-c3cc(C)cc(C45CC(C)(C)CC(C)(CC(C)(C)C4)C5)c3O)n2)cc(C23CC(C)(C)CC(C)(CC(C)(C)C2)C3)c1. The van der Waals surface area contributed by atoms with Crippen LogP contribution >= 0.6 is 0 Å². The zero-order valence-electron chi connectivity index (χ0n) is 46.3. The Hall–Kier alpha value is -4.38. The van der Waals surface area contributed by atoms with Gasteiger partial charge in [0.1, 0.15) is 5.75 Å². The average Bonchev–Trinajstić information content (AvgIpc) is 3.19. The van der Waals surface area contributed by atoms with Crippen molar-refractivity contribution in [1.29, 1.82) is 0 Å². The van der Waals surface area contributed by atoms with Crippen molar-refractivity contribution in [3.05, 3.63) is 118 Å². The van der Waals surface area contributed by atoms with E-state index in [0.717, 1.165) is 90.3 Å². The summed E-state index contributed by atoms with van der Waals surface area (Å²) < 4.78 is 46.8. The fourth-order valence-corrected chi connectivity index (χ4v) is 17.9. The van der Waals surface area contributed by atoms with Crippen molar-refractivity contribution < 1.29 is 18.3 Å². The number of aryl methyl sites for hydroxylation is 2. The molecule has 4 aromatic carbocycles. The molecule has 9 rings (SSSR count). The summed E-state index contributed by atoms with van der Waals surface area (Å²) in [4.78, 5) is 5.37. The summed E-state index contributed by atoms with van der Waals surface area (Å²) in [7, 11) is 0. The van der Waals surface area contributed by atoms with Crippen LogP contribution in [0.15, 0.2) is 78.9 Å². The van der Waals surface area contributed by atoms with Gasteiger partial charge in [-0.25, -0.2) is 4.98 Å². The number of benzene rings is 4. The van der Waals surface area contributed by atoms with Gasteiger partial charge in [0.25, 0.3) is 0 Å².